The predicted molar refractivity (Wildman–Crippen MR) is 80.8 cm³/mol. The normalized spacial score (nSPS) is 14.7. The lowest BCUT2D eigenvalue weighted by molar-refractivity contribution is -0.356. The van der Waals surface area contributed by atoms with Gasteiger partial charge in [-0.05, 0) is 18.6 Å². The van der Waals surface area contributed by atoms with Gasteiger partial charge in [0.25, 0.3) is 5.91 Å². The van der Waals surface area contributed by atoms with Crippen molar-refractivity contribution in [1.82, 2.24) is 5.32 Å². The van der Waals surface area contributed by atoms with Crippen LogP contribution in [0.1, 0.15) is 51.4 Å². The number of halogens is 6. The molecule has 0 heterocycles. The van der Waals surface area contributed by atoms with Gasteiger partial charge < -0.3 is 5.32 Å². The monoisotopic (exact) mass is 383 g/mol. The average Bonchev–Trinajstić information content (AvgIpc) is 2.47. The molecule has 0 saturated carbocycles. The molecule has 0 saturated heterocycles. The summed E-state index contributed by atoms with van der Waals surface area (Å²) < 4.78 is 77.4. The van der Waals surface area contributed by atoms with Crippen molar-refractivity contribution in [2.75, 3.05) is 12.3 Å². The van der Waals surface area contributed by atoms with Crippen LogP contribution in [0.25, 0.3) is 0 Å². The Morgan fingerprint density at radius 2 is 1.38 bits per heavy atom. The summed E-state index contributed by atoms with van der Waals surface area (Å²) in [7, 11) is 0. The summed E-state index contributed by atoms with van der Waals surface area (Å²) in [6.45, 7) is -4.31. The molecule has 0 aliphatic heterocycles. The van der Waals surface area contributed by atoms with Crippen LogP contribution < -0.4 is 5.32 Å². The van der Waals surface area contributed by atoms with Gasteiger partial charge in [-0.2, -0.15) is 39.0 Å². The molecule has 0 aromatic heterocycles. The molecule has 10 heteroatoms. The number of rotatable bonds is 13. The zero-order valence-corrected chi connectivity index (χ0v) is 14.1. The predicted octanol–water partition coefficient (Wildman–Crippen LogP) is 4.62. The number of thiol groups is 1. The number of ether oxygens (including phenoxy) is 1. The van der Waals surface area contributed by atoms with Crippen LogP contribution in [-0.4, -0.2) is 36.8 Å². The fraction of sp³-hybridized carbons (Fsp3) is 0.929. The van der Waals surface area contributed by atoms with Crippen LogP contribution in [0.3, 0.4) is 0 Å². The number of carbonyl (C=O) groups is 1. The molecule has 1 N–H and O–H groups in total. The number of unbranched alkanes of at least 4 members (excludes halogenated alkanes) is 7. The van der Waals surface area contributed by atoms with E-state index in [1.807, 2.05) is 0 Å². The molecule has 1 atom stereocenters. The molecule has 0 aliphatic rings. The van der Waals surface area contributed by atoms with Crippen molar-refractivity contribution in [1.29, 1.82) is 0 Å². The molecule has 1 amide bonds. The van der Waals surface area contributed by atoms with Crippen molar-refractivity contribution >= 4 is 18.5 Å². The Morgan fingerprint density at radius 3 is 1.79 bits per heavy atom. The third kappa shape index (κ3) is 9.00. The molecule has 144 valence electrons. The van der Waals surface area contributed by atoms with Crippen molar-refractivity contribution < 1.29 is 35.9 Å². The molecule has 0 aromatic rings. The maximum atomic E-state index is 13.5. The lowest BCUT2D eigenvalue weighted by Gasteiger charge is -2.26. The molecular formula is C14H23F6NO2S. The number of hydrogen-bond acceptors (Lipinski definition) is 3. The lowest BCUT2D eigenvalue weighted by Crippen LogP contribution is -2.56. The number of carbonyl (C=O) groups excluding carboxylic acids is 1. The summed E-state index contributed by atoms with van der Waals surface area (Å²) in [6, 6.07) is 0. The standard InChI is InChI=1S/C14H23F6NO2S/c15-12(16)23-13(17,14(18,19)20)11(22)21-9-7-5-3-1-2-4-6-8-10-24/h12,24H,1-10H2,(H,21,22). The first-order chi connectivity index (χ1) is 11.1. The Labute approximate surface area is 142 Å². The van der Waals surface area contributed by atoms with Gasteiger partial charge in [0, 0.05) is 6.54 Å². The van der Waals surface area contributed by atoms with E-state index in [-0.39, 0.29) is 6.54 Å². The first kappa shape index (κ1) is 23.4. The summed E-state index contributed by atoms with van der Waals surface area (Å²) in [6.07, 6.45) is 1.11. The summed E-state index contributed by atoms with van der Waals surface area (Å²) in [5.41, 5.74) is 0. The van der Waals surface area contributed by atoms with Gasteiger partial charge in [-0.3, -0.25) is 9.53 Å². The fourth-order valence-electron chi connectivity index (χ4n) is 1.98. The van der Waals surface area contributed by atoms with Crippen LogP contribution in [0.2, 0.25) is 0 Å². The van der Waals surface area contributed by atoms with Gasteiger partial charge in [0.15, 0.2) is 0 Å². The number of amides is 1. The highest BCUT2D eigenvalue weighted by Gasteiger charge is 2.65. The second-order valence-corrected chi connectivity index (χ2v) is 5.73. The molecular weight excluding hydrogens is 360 g/mol. The Kier molecular flexibility index (Phi) is 11.5. The van der Waals surface area contributed by atoms with Gasteiger partial charge >= 0.3 is 18.6 Å². The van der Waals surface area contributed by atoms with Crippen LogP contribution in [-0.2, 0) is 9.53 Å². The molecule has 0 bridgehead atoms. The summed E-state index contributed by atoms with van der Waals surface area (Å²) in [4.78, 5) is 11.2. The maximum absolute atomic E-state index is 13.5. The number of hydrogen-bond donors (Lipinski definition) is 2. The van der Waals surface area contributed by atoms with E-state index in [0.29, 0.717) is 12.8 Å². The third-order valence-corrected chi connectivity index (χ3v) is 3.59. The smallest absolute Gasteiger partial charge is 0.351 e. The van der Waals surface area contributed by atoms with Crippen LogP contribution in [0, 0.1) is 0 Å². The molecule has 0 spiro atoms. The zero-order valence-electron chi connectivity index (χ0n) is 13.2. The number of nitrogens with one attached hydrogen (secondary N) is 1. The van der Waals surface area contributed by atoms with Gasteiger partial charge in [0.05, 0.1) is 0 Å². The van der Waals surface area contributed by atoms with Crippen molar-refractivity contribution in [3.63, 3.8) is 0 Å². The second-order valence-electron chi connectivity index (χ2n) is 5.28. The van der Waals surface area contributed by atoms with Crippen LogP contribution in [0.5, 0.6) is 0 Å². The third-order valence-electron chi connectivity index (χ3n) is 3.28. The lowest BCUT2D eigenvalue weighted by atomic mass is 10.1. The van der Waals surface area contributed by atoms with Crippen LogP contribution in [0.15, 0.2) is 0 Å². The molecule has 0 aromatic carbocycles. The first-order valence-electron chi connectivity index (χ1n) is 7.76. The van der Waals surface area contributed by atoms with E-state index in [0.717, 1.165) is 44.3 Å². The van der Waals surface area contributed by atoms with Gasteiger partial charge in [-0.15, -0.1) is 0 Å². The zero-order chi connectivity index (χ0) is 18.6. The molecule has 24 heavy (non-hydrogen) atoms. The molecule has 0 radical (unpaired) electrons. The van der Waals surface area contributed by atoms with Gasteiger partial charge in [-0.25, -0.2) is 0 Å². The highest BCUT2D eigenvalue weighted by Crippen LogP contribution is 2.36. The molecule has 0 aliphatic carbocycles. The minimum absolute atomic E-state index is 0.243. The second kappa shape index (κ2) is 11.8. The summed E-state index contributed by atoms with van der Waals surface area (Å²) >= 11 is 4.09. The Balaban J connectivity index is 3.98. The summed E-state index contributed by atoms with van der Waals surface area (Å²) in [5, 5.41) is 1.65. The largest absolute Gasteiger partial charge is 0.458 e. The van der Waals surface area contributed by atoms with Gasteiger partial charge in [-0.1, -0.05) is 38.5 Å². The van der Waals surface area contributed by atoms with E-state index >= 15 is 0 Å². The SMILES string of the molecule is O=C(NCCCCCCCCCCS)C(F)(OC(F)F)C(F)(F)F. The minimum Gasteiger partial charge on any atom is -0.351 e. The van der Waals surface area contributed by atoms with Crippen LogP contribution in [0.4, 0.5) is 26.3 Å². The molecule has 3 nitrogen and oxygen atoms in total. The van der Waals surface area contributed by atoms with E-state index < -0.39 is 24.5 Å². The molecule has 1 unspecified atom stereocenters. The fourth-order valence-corrected chi connectivity index (χ4v) is 2.21. The van der Waals surface area contributed by atoms with E-state index in [9.17, 15) is 31.1 Å². The van der Waals surface area contributed by atoms with E-state index in [1.54, 1.807) is 5.32 Å². The Hall–Kier alpha value is -0.640. The highest BCUT2D eigenvalue weighted by molar-refractivity contribution is 7.80. The average molecular weight is 383 g/mol. The Morgan fingerprint density at radius 1 is 0.917 bits per heavy atom. The van der Waals surface area contributed by atoms with E-state index in [1.165, 1.54) is 0 Å². The molecule has 0 fully saturated rings. The van der Waals surface area contributed by atoms with Crippen LogP contribution >= 0.6 is 12.6 Å². The maximum Gasteiger partial charge on any atom is 0.458 e. The van der Waals surface area contributed by atoms with Gasteiger partial charge in [0.2, 0.25) is 0 Å². The quantitative estimate of drug-likeness (QED) is 0.277. The molecule has 0 rings (SSSR count). The van der Waals surface area contributed by atoms with Crippen molar-refractivity contribution in [2.45, 2.75) is 70.0 Å². The number of alkyl halides is 6. The Bertz CT molecular complexity index is 357. The first-order valence-corrected chi connectivity index (χ1v) is 8.39. The topological polar surface area (TPSA) is 38.3 Å². The van der Waals surface area contributed by atoms with E-state index in [4.69, 9.17) is 0 Å². The van der Waals surface area contributed by atoms with Crippen molar-refractivity contribution in [2.24, 2.45) is 0 Å². The summed E-state index contributed by atoms with van der Waals surface area (Å²) in [5.74, 6) is -6.46. The minimum atomic E-state index is -5.89. The van der Waals surface area contributed by atoms with Crippen molar-refractivity contribution in [3.8, 4) is 0 Å². The van der Waals surface area contributed by atoms with E-state index in [2.05, 4.69) is 17.4 Å². The van der Waals surface area contributed by atoms with Crippen molar-refractivity contribution in [3.05, 3.63) is 0 Å². The van der Waals surface area contributed by atoms with Gasteiger partial charge in [0.1, 0.15) is 0 Å². The highest BCUT2D eigenvalue weighted by atomic mass is 32.1.